The van der Waals surface area contributed by atoms with Crippen molar-refractivity contribution < 1.29 is 0 Å². The first-order chi connectivity index (χ1) is 13.8. The fourth-order valence-corrected chi connectivity index (χ4v) is 3.93. The average Bonchev–Trinajstić information content (AvgIpc) is 3.13. The van der Waals surface area contributed by atoms with Crippen molar-refractivity contribution in [1.82, 2.24) is 15.6 Å². The number of nitrogens with zero attached hydrogens (tertiary/aromatic N) is 2. The molecular formula is C24H20N4. The standard InChI is InChI=1S/C24H20N4/c1-24(19-15-9-4-10-16-19)21-20(17-11-5-2-6-12-17)22(18-13-7-3-8-14-18)25-26-23(21)27-28-24/h2-16,28H,1H3,(H,26,27). The number of hydrogen-bond acceptors (Lipinski definition) is 4. The molecule has 28 heavy (non-hydrogen) atoms. The number of anilines is 1. The van der Waals surface area contributed by atoms with E-state index >= 15 is 0 Å². The molecule has 3 aromatic carbocycles. The van der Waals surface area contributed by atoms with Crippen molar-refractivity contribution in [1.29, 1.82) is 0 Å². The second-order valence-electron chi connectivity index (χ2n) is 7.12. The Bertz CT molecular complexity index is 1110. The van der Waals surface area contributed by atoms with E-state index < -0.39 is 5.54 Å². The van der Waals surface area contributed by atoms with Gasteiger partial charge in [-0.25, -0.2) is 5.43 Å². The number of hydrogen-bond donors (Lipinski definition) is 2. The lowest BCUT2D eigenvalue weighted by atomic mass is 9.81. The van der Waals surface area contributed by atoms with E-state index in [0.717, 1.165) is 33.8 Å². The number of benzene rings is 3. The van der Waals surface area contributed by atoms with Gasteiger partial charge in [0.15, 0.2) is 5.82 Å². The number of fused-ring (bicyclic) bond motifs is 1. The maximum absolute atomic E-state index is 4.60. The van der Waals surface area contributed by atoms with Gasteiger partial charge in [0, 0.05) is 16.7 Å². The fraction of sp³-hybridized carbons (Fsp3) is 0.0833. The molecule has 0 spiro atoms. The zero-order valence-corrected chi connectivity index (χ0v) is 15.6. The van der Waals surface area contributed by atoms with Gasteiger partial charge in [-0.1, -0.05) is 91.0 Å². The number of rotatable bonds is 3. The highest BCUT2D eigenvalue weighted by atomic mass is 15.5. The van der Waals surface area contributed by atoms with Crippen LogP contribution >= 0.6 is 0 Å². The van der Waals surface area contributed by atoms with Gasteiger partial charge >= 0.3 is 0 Å². The topological polar surface area (TPSA) is 49.8 Å². The van der Waals surface area contributed by atoms with E-state index in [9.17, 15) is 0 Å². The van der Waals surface area contributed by atoms with Crippen molar-refractivity contribution in [3.05, 3.63) is 102 Å². The van der Waals surface area contributed by atoms with Crippen molar-refractivity contribution in [2.75, 3.05) is 5.43 Å². The van der Waals surface area contributed by atoms with Crippen LogP contribution < -0.4 is 10.9 Å². The van der Waals surface area contributed by atoms with E-state index in [-0.39, 0.29) is 0 Å². The van der Waals surface area contributed by atoms with Crippen LogP contribution in [0.5, 0.6) is 0 Å². The van der Waals surface area contributed by atoms with Gasteiger partial charge in [0.2, 0.25) is 0 Å². The predicted octanol–water partition coefficient (Wildman–Crippen LogP) is 5.00. The average molecular weight is 364 g/mol. The second kappa shape index (κ2) is 6.59. The van der Waals surface area contributed by atoms with E-state index in [1.54, 1.807) is 0 Å². The molecule has 4 aromatic rings. The summed E-state index contributed by atoms with van der Waals surface area (Å²) in [6, 6.07) is 31.1. The van der Waals surface area contributed by atoms with Crippen LogP contribution in [0.1, 0.15) is 18.1 Å². The quantitative estimate of drug-likeness (QED) is 0.537. The smallest absolute Gasteiger partial charge is 0.169 e. The molecule has 1 aliphatic rings. The molecule has 4 heteroatoms. The molecule has 2 heterocycles. The Morgan fingerprint density at radius 3 is 1.89 bits per heavy atom. The third kappa shape index (κ3) is 2.58. The summed E-state index contributed by atoms with van der Waals surface area (Å²) >= 11 is 0. The van der Waals surface area contributed by atoms with E-state index in [4.69, 9.17) is 0 Å². The molecule has 5 rings (SSSR count). The first-order valence-corrected chi connectivity index (χ1v) is 9.38. The molecule has 0 radical (unpaired) electrons. The molecule has 0 saturated carbocycles. The van der Waals surface area contributed by atoms with E-state index in [1.165, 1.54) is 5.56 Å². The van der Waals surface area contributed by atoms with Crippen LogP contribution in [0.15, 0.2) is 91.0 Å². The Balaban J connectivity index is 1.84. The van der Waals surface area contributed by atoms with Crippen LogP contribution in [-0.4, -0.2) is 10.2 Å². The number of aromatic nitrogens is 2. The molecule has 1 unspecified atom stereocenters. The fourth-order valence-electron chi connectivity index (χ4n) is 3.93. The summed E-state index contributed by atoms with van der Waals surface area (Å²) in [5.41, 5.74) is 12.7. The lowest BCUT2D eigenvalue weighted by Gasteiger charge is -2.27. The molecule has 4 nitrogen and oxygen atoms in total. The van der Waals surface area contributed by atoms with Crippen molar-refractivity contribution in [3.8, 4) is 22.4 Å². The van der Waals surface area contributed by atoms with Crippen LogP contribution in [0.3, 0.4) is 0 Å². The third-order valence-electron chi connectivity index (χ3n) is 5.37. The van der Waals surface area contributed by atoms with E-state index in [2.05, 4.69) is 88.6 Å². The minimum Gasteiger partial charge on any atom is -0.303 e. The van der Waals surface area contributed by atoms with Crippen LogP contribution in [0.4, 0.5) is 5.82 Å². The highest BCUT2D eigenvalue weighted by molar-refractivity contribution is 5.87. The van der Waals surface area contributed by atoms with Gasteiger partial charge in [-0.3, -0.25) is 0 Å². The number of nitrogens with one attached hydrogen (secondary N) is 2. The van der Waals surface area contributed by atoms with E-state index in [1.807, 2.05) is 30.3 Å². The monoisotopic (exact) mass is 364 g/mol. The molecule has 136 valence electrons. The maximum atomic E-state index is 4.60. The maximum Gasteiger partial charge on any atom is 0.169 e. The lowest BCUT2D eigenvalue weighted by Crippen LogP contribution is -2.38. The van der Waals surface area contributed by atoms with Gasteiger partial charge in [0.1, 0.15) is 5.69 Å². The molecule has 1 aromatic heterocycles. The van der Waals surface area contributed by atoms with Gasteiger partial charge in [-0.2, -0.15) is 0 Å². The molecule has 0 fully saturated rings. The molecule has 0 saturated heterocycles. The number of hydrazine groups is 1. The third-order valence-corrected chi connectivity index (χ3v) is 5.37. The first-order valence-electron chi connectivity index (χ1n) is 9.38. The summed E-state index contributed by atoms with van der Waals surface area (Å²) in [5.74, 6) is 0.768. The Morgan fingerprint density at radius 2 is 1.25 bits per heavy atom. The summed E-state index contributed by atoms with van der Waals surface area (Å²) in [6.45, 7) is 2.18. The molecule has 1 atom stereocenters. The molecule has 0 bridgehead atoms. The largest absolute Gasteiger partial charge is 0.303 e. The zero-order chi connectivity index (χ0) is 19.0. The van der Waals surface area contributed by atoms with Crippen LogP contribution in [-0.2, 0) is 5.54 Å². The summed E-state index contributed by atoms with van der Waals surface area (Å²) in [6.07, 6.45) is 0. The summed E-state index contributed by atoms with van der Waals surface area (Å²) < 4.78 is 0. The minimum atomic E-state index is -0.429. The first kappa shape index (κ1) is 16.7. The Hall–Kier alpha value is -3.50. The van der Waals surface area contributed by atoms with Crippen molar-refractivity contribution in [2.45, 2.75) is 12.5 Å². The minimum absolute atomic E-state index is 0.429. The van der Waals surface area contributed by atoms with Crippen molar-refractivity contribution >= 4 is 5.82 Å². The molecule has 0 amide bonds. The lowest BCUT2D eigenvalue weighted by molar-refractivity contribution is 0.514. The summed E-state index contributed by atoms with van der Waals surface area (Å²) in [4.78, 5) is 0. The normalized spacial score (nSPS) is 17.8. The highest BCUT2D eigenvalue weighted by Crippen LogP contribution is 2.46. The highest BCUT2D eigenvalue weighted by Gasteiger charge is 2.40. The summed E-state index contributed by atoms with van der Waals surface area (Å²) in [7, 11) is 0. The SMILES string of the molecule is CC1(c2ccccc2)NNc2nnc(-c3ccccc3)c(-c3ccccc3)c21. The van der Waals surface area contributed by atoms with Gasteiger partial charge in [-0.05, 0) is 18.1 Å². The summed E-state index contributed by atoms with van der Waals surface area (Å²) in [5, 5.41) is 9.12. The predicted molar refractivity (Wildman–Crippen MR) is 113 cm³/mol. The van der Waals surface area contributed by atoms with Gasteiger partial charge < -0.3 is 5.43 Å². The van der Waals surface area contributed by atoms with Gasteiger partial charge in [0.05, 0.1) is 5.54 Å². The molecule has 0 aliphatic carbocycles. The van der Waals surface area contributed by atoms with Gasteiger partial charge in [-0.15, -0.1) is 10.2 Å². The Labute approximate surface area is 164 Å². The van der Waals surface area contributed by atoms with Gasteiger partial charge in [0.25, 0.3) is 0 Å². The van der Waals surface area contributed by atoms with Crippen molar-refractivity contribution in [2.24, 2.45) is 0 Å². The molecule has 2 N–H and O–H groups in total. The Morgan fingerprint density at radius 1 is 0.679 bits per heavy atom. The molecular weight excluding hydrogens is 344 g/mol. The van der Waals surface area contributed by atoms with Crippen molar-refractivity contribution in [3.63, 3.8) is 0 Å². The second-order valence-corrected chi connectivity index (χ2v) is 7.12. The molecule has 1 aliphatic heterocycles. The van der Waals surface area contributed by atoms with Crippen LogP contribution in [0, 0.1) is 0 Å². The van der Waals surface area contributed by atoms with Crippen LogP contribution in [0.25, 0.3) is 22.4 Å². The zero-order valence-electron chi connectivity index (χ0n) is 15.6. The Kier molecular flexibility index (Phi) is 3.92. The van der Waals surface area contributed by atoms with Crippen LogP contribution in [0.2, 0.25) is 0 Å². The van der Waals surface area contributed by atoms with E-state index in [0.29, 0.717) is 0 Å².